The number of benzene rings is 1. The lowest BCUT2D eigenvalue weighted by atomic mass is 10.0. The Morgan fingerprint density at radius 3 is 2.60 bits per heavy atom. The van der Waals surface area contributed by atoms with E-state index in [9.17, 15) is 0 Å². The van der Waals surface area contributed by atoms with Gasteiger partial charge in [0.1, 0.15) is 0 Å². The van der Waals surface area contributed by atoms with E-state index in [0.717, 1.165) is 6.54 Å². The molecular weight excluding hydrogens is 244 g/mol. The summed E-state index contributed by atoms with van der Waals surface area (Å²) in [6.45, 7) is 7.93. The van der Waals surface area contributed by atoms with Gasteiger partial charge in [0.15, 0.2) is 0 Å². The van der Waals surface area contributed by atoms with Gasteiger partial charge in [-0.15, -0.1) is 0 Å². The zero-order valence-electron chi connectivity index (χ0n) is 12.6. The molecular formula is C18H24N2. The van der Waals surface area contributed by atoms with Crippen molar-refractivity contribution in [3.05, 3.63) is 41.7 Å². The second-order valence-electron chi connectivity index (χ2n) is 6.21. The topological polar surface area (TPSA) is 16.1 Å². The van der Waals surface area contributed by atoms with Crippen molar-refractivity contribution in [2.75, 3.05) is 13.1 Å². The van der Waals surface area contributed by atoms with Gasteiger partial charge in [0.05, 0.1) is 11.4 Å². The Hall–Kier alpha value is -1.41. The highest BCUT2D eigenvalue weighted by Gasteiger charge is 2.14. The Kier molecular flexibility index (Phi) is 4.02. The van der Waals surface area contributed by atoms with Crippen LogP contribution in [0.2, 0.25) is 0 Å². The summed E-state index contributed by atoms with van der Waals surface area (Å²) in [6, 6.07) is 10.9. The fourth-order valence-corrected chi connectivity index (χ4v) is 3.15. The predicted molar refractivity (Wildman–Crippen MR) is 85.0 cm³/mol. The number of likely N-dealkylation sites (tertiary alicyclic amines) is 1. The van der Waals surface area contributed by atoms with Crippen molar-refractivity contribution in [1.29, 1.82) is 0 Å². The van der Waals surface area contributed by atoms with E-state index in [1.54, 1.807) is 0 Å². The predicted octanol–water partition coefficient (Wildman–Crippen LogP) is 4.34. The molecule has 2 nitrogen and oxygen atoms in total. The minimum Gasteiger partial charge on any atom is -0.298 e. The van der Waals surface area contributed by atoms with Gasteiger partial charge < -0.3 is 0 Å². The molecule has 0 amide bonds. The molecule has 0 spiro atoms. The van der Waals surface area contributed by atoms with Gasteiger partial charge in [-0.05, 0) is 43.3 Å². The Morgan fingerprint density at radius 2 is 1.85 bits per heavy atom. The second kappa shape index (κ2) is 5.92. The van der Waals surface area contributed by atoms with Crippen molar-refractivity contribution >= 4 is 10.8 Å². The molecule has 0 radical (unpaired) electrons. The number of aromatic nitrogens is 1. The molecule has 0 unspecified atom stereocenters. The van der Waals surface area contributed by atoms with E-state index in [2.05, 4.69) is 49.1 Å². The first-order valence-electron chi connectivity index (χ1n) is 7.85. The van der Waals surface area contributed by atoms with E-state index in [0.29, 0.717) is 5.92 Å². The molecule has 1 fully saturated rings. The summed E-state index contributed by atoms with van der Waals surface area (Å²) >= 11 is 0. The van der Waals surface area contributed by atoms with Crippen molar-refractivity contribution in [3.63, 3.8) is 0 Å². The number of nitrogens with zero attached hydrogens (tertiary/aromatic N) is 2. The van der Waals surface area contributed by atoms with Crippen LogP contribution in [-0.2, 0) is 6.54 Å². The molecule has 0 aliphatic carbocycles. The van der Waals surface area contributed by atoms with Gasteiger partial charge in [-0.3, -0.25) is 9.88 Å². The number of rotatable bonds is 3. The van der Waals surface area contributed by atoms with Crippen molar-refractivity contribution in [2.45, 2.75) is 45.6 Å². The highest BCUT2D eigenvalue weighted by atomic mass is 15.1. The van der Waals surface area contributed by atoms with E-state index in [1.165, 1.54) is 54.5 Å². The SMILES string of the molecule is CC(C)c1nc(CN2CCCCC2)cc2ccccc12. The first-order valence-corrected chi connectivity index (χ1v) is 7.85. The van der Waals surface area contributed by atoms with Crippen molar-refractivity contribution in [1.82, 2.24) is 9.88 Å². The van der Waals surface area contributed by atoms with Crippen molar-refractivity contribution in [3.8, 4) is 0 Å². The highest BCUT2D eigenvalue weighted by Crippen LogP contribution is 2.25. The van der Waals surface area contributed by atoms with Crippen LogP contribution in [0.1, 0.15) is 50.4 Å². The van der Waals surface area contributed by atoms with Gasteiger partial charge in [0.2, 0.25) is 0 Å². The molecule has 2 heteroatoms. The maximum absolute atomic E-state index is 4.95. The van der Waals surface area contributed by atoms with Crippen LogP contribution in [0.5, 0.6) is 0 Å². The average molecular weight is 268 g/mol. The molecule has 1 aromatic carbocycles. The Morgan fingerprint density at radius 1 is 1.10 bits per heavy atom. The van der Waals surface area contributed by atoms with E-state index in [1.807, 2.05) is 0 Å². The summed E-state index contributed by atoms with van der Waals surface area (Å²) in [4.78, 5) is 7.50. The minimum atomic E-state index is 0.473. The quantitative estimate of drug-likeness (QED) is 0.823. The molecule has 0 saturated carbocycles. The standard InChI is InChI=1S/C18H24N2/c1-14(2)18-17-9-5-4-8-15(17)12-16(19-18)13-20-10-6-3-7-11-20/h4-5,8-9,12,14H,3,6-7,10-11,13H2,1-2H3. The summed E-state index contributed by atoms with van der Waals surface area (Å²) < 4.78 is 0. The van der Waals surface area contributed by atoms with Gasteiger partial charge >= 0.3 is 0 Å². The third-order valence-electron chi connectivity index (χ3n) is 4.20. The van der Waals surface area contributed by atoms with Gasteiger partial charge in [-0.1, -0.05) is 44.5 Å². The number of piperidine rings is 1. The molecule has 1 aromatic heterocycles. The molecule has 0 N–H and O–H groups in total. The first kappa shape index (κ1) is 13.6. The Bertz CT molecular complexity index is 583. The van der Waals surface area contributed by atoms with Gasteiger partial charge in [0.25, 0.3) is 0 Å². The van der Waals surface area contributed by atoms with Gasteiger partial charge in [-0.25, -0.2) is 0 Å². The van der Waals surface area contributed by atoms with Crippen LogP contribution in [0.15, 0.2) is 30.3 Å². The maximum atomic E-state index is 4.95. The molecule has 1 aliphatic rings. The lowest BCUT2D eigenvalue weighted by Crippen LogP contribution is -2.29. The maximum Gasteiger partial charge on any atom is 0.0553 e. The Balaban J connectivity index is 1.94. The number of fused-ring (bicyclic) bond motifs is 1. The molecule has 1 aliphatic heterocycles. The summed E-state index contributed by atoms with van der Waals surface area (Å²) in [7, 11) is 0. The van der Waals surface area contributed by atoms with E-state index in [4.69, 9.17) is 4.98 Å². The smallest absolute Gasteiger partial charge is 0.0553 e. The normalized spacial score (nSPS) is 16.9. The van der Waals surface area contributed by atoms with Crippen molar-refractivity contribution in [2.24, 2.45) is 0 Å². The van der Waals surface area contributed by atoms with Gasteiger partial charge in [-0.2, -0.15) is 0 Å². The number of hydrogen-bond donors (Lipinski definition) is 0. The lowest BCUT2D eigenvalue weighted by Gasteiger charge is -2.26. The highest BCUT2D eigenvalue weighted by molar-refractivity contribution is 5.85. The third kappa shape index (κ3) is 2.85. The molecule has 20 heavy (non-hydrogen) atoms. The zero-order valence-corrected chi connectivity index (χ0v) is 12.6. The summed E-state index contributed by atoms with van der Waals surface area (Å²) in [5.74, 6) is 0.473. The van der Waals surface area contributed by atoms with Crippen LogP contribution in [0.3, 0.4) is 0 Å². The molecule has 1 saturated heterocycles. The summed E-state index contributed by atoms with van der Waals surface area (Å²) in [5, 5.41) is 2.64. The van der Waals surface area contributed by atoms with Crippen molar-refractivity contribution < 1.29 is 0 Å². The largest absolute Gasteiger partial charge is 0.298 e. The fraction of sp³-hybridized carbons (Fsp3) is 0.500. The van der Waals surface area contributed by atoms with Gasteiger partial charge in [0, 0.05) is 11.9 Å². The third-order valence-corrected chi connectivity index (χ3v) is 4.20. The van der Waals surface area contributed by atoms with Crippen LogP contribution in [0.25, 0.3) is 10.8 Å². The molecule has 2 heterocycles. The van der Waals surface area contributed by atoms with Crippen LogP contribution in [0.4, 0.5) is 0 Å². The average Bonchev–Trinajstić information content (AvgIpc) is 2.47. The lowest BCUT2D eigenvalue weighted by molar-refractivity contribution is 0.218. The molecule has 106 valence electrons. The monoisotopic (exact) mass is 268 g/mol. The number of pyridine rings is 1. The second-order valence-corrected chi connectivity index (χ2v) is 6.21. The summed E-state index contributed by atoms with van der Waals surface area (Å²) in [5.41, 5.74) is 2.48. The Labute approximate surface area is 121 Å². The summed E-state index contributed by atoms with van der Waals surface area (Å²) in [6.07, 6.45) is 4.06. The molecule has 2 aromatic rings. The minimum absolute atomic E-state index is 0.473. The van der Waals surface area contributed by atoms with Crippen LogP contribution in [0, 0.1) is 0 Å². The van der Waals surface area contributed by atoms with Crippen LogP contribution < -0.4 is 0 Å². The first-order chi connectivity index (χ1) is 9.74. The number of hydrogen-bond acceptors (Lipinski definition) is 2. The van der Waals surface area contributed by atoms with Crippen LogP contribution in [-0.4, -0.2) is 23.0 Å². The van der Waals surface area contributed by atoms with Crippen LogP contribution >= 0.6 is 0 Å². The van der Waals surface area contributed by atoms with E-state index < -0.39 is 0 Å². The molecule has 3 rings (SSSR count). The molecule has 0 atom stereocenters. The van der Waals surface area contributed by atoms with E-state index >= 15 is 0 Å². The van der Waals surface area contributed by atoms with E-state index in [-0.39, 0.29) is 0 Å². The fourth-order valence-electron chi connectivity index (χ4n) is 3.15. The zero-order chi connectivity index (χ0) is 13.9. The molecule has 0 bridgehead atoms.